The van der Waals surface area contributed by atoms with E-state index < -0.39 is 5.91 Å². The van der Waals surface area contributed by atoms with Gasteiger partial charge in [0.25, 0.3) is 5.91 Å². The summed E-state index contributed by atoms with van der Waals surface area (Å²) >= 11 is 5.92. The zero-order valence-electron chi connectivity index (χ0n) is 19.2. The first kappa shape index (κ1) is 23.3. The number of ether oxygens (including phenoxy) is 2. The number of hydrogen-bond donors (Lipinski definition) is 1. The molecule has 0 aromatic heterocycles. The van der Waals surface area contributed by atoms with Crippen LogP contribution in [0.3, 0.4) is 0 Å². The second-order valence-corrected chi connectivity index (χ2v) is 8.64. The van der Waals surface area contributed by atoms with E-state index in [0.29, 0.717) is 51.1 Å². The molecule has 1 amide bonds. The van der Waals surface area contributed by atoms with Crippen LogP contribution in [0.15, 0.2) is 84.9 Å². The van der Waals surface area contributed by atoms with Crippen molar-refractivity contribution in [2.75, 3.05) is 12.4 Å². The van der Waals surface area contributed by atoms with Crippen LogP contribution in [-0.4, -0.2) is 24.6 Å². The highest BCUT2D eigenvalue weighted by atomic mass is 35.5. The quantitative estimate of drug-likeness (QED) is 0.313. The third kappa shape index (κ3) is 4.46. The number of halogens is 1. The number of carbonyl (C=O) groups excluding carboxylic acids is 3. The third-order valence-electron chi connectivity index (χ3n) is 5.92. The predicted molar refractivity (Wildman–Crippen MR) is 136 cm³/mol. The van der Waals surface area contributed by atoms with Crippen molar-refractivity contribution in [3.63, 3.8) is 0 Å². The van der Waals surface area contributed by atoms with E-state index in [1.165, 1.54) is 13.2 Å². The summed E-state index contributed by atoms with van der Waals surface area (Å²) in [6.45, 7) is 0.310. The molecule has 1 aliphatic carbocycles. The van der Waals surface area contributed by atoms with Crippen molar-refractivity contribution in [2.24, 2.45) is 0 Å². The number of benzene rings is 4. The van der Waals surface area contributed by atoms with E-state index in [-0.39, 0.29) is 17.1 Å². The minimum Gasteiger partial charge on any atom is -0.493 e. The van der Waals surface area contributed by atoms with Crippen LogP contribution in [0.2, 0.25) is 5.02 Å². The molecule has 4 aromatic rings. The number of anilines is 1. The Labute approximate surface area is 212 Å². The van der Waals surface area contributed by atoms with Gasteiger partial charge in [-0.05, 0) is 54.1 Å². The topological polar surface area (TPSA) is 81.7 Å². The van der Waals surface area contributed by atoms with Gasteiger partial charge in [-0.3, -0.25) is 14.4 Å². The molecule has 6 nitrogen and oxygen atoms in total. The Balaban J connectivity index is 1.33. The van der Waals surface area contributed by atoms with Crippen LogP contribution in [0, 0.1) is 0 Å². The number of carbonyl (C=O) groups is 3. The second-order valence-electron chi connectivity index (χ2n) is 8.20. The van der Waals surface area contributed by atoms with Crippen LogP contribution in [0.25, 0.3) is 0 Å². The molecule has 0 spiro atoms. The number of nitrogens with one attached hydrogen (secondary N) is 1. The van der Waals surface area contributed by atoms with Crippen molar-refractivity contribution in [2.45, 2.75) is 6.61 Å². The number of ketones is 2. The fraction of sp³-hybridized carbons (Fsp3) is 0.0690. The summed E-state index contributed by atoms with van der Waals surface area (Å²) in [5, 5.41) is 3.44. The van der Waals surface area contributed by atoms with Gasteiger partial charge in [0, 0.05) is 38.5 Å². The maximum atomic E-state index is 13.0. The highest BCUT2D eigenvalue weighted by molar-refractivity contribution is 6.30. The lowest BCUT2D eigenvalue weighted by molar-refractivity contribution is 0.0979. The van der Waals surface area contributed by atoms with E-state index in [1.54, 1.807) is 66.7 Å². The zero-order valence-corrected chi connectivity index (χ0v) is 20.0. The van der Waals surface area contributed by atoms with Crippen molar-refractivity contribution in [1.29, 1.82) is 0 Å². The Morgan fingerprint density at radius 1 is 0.778 bits per heavy atom. The molecule has 36 heavy (non-hydrogen) atoms. The number of rotatable bonds is 6. The maximum Gasteiger partial charge on any atom is 0.255 e. The SMILES string of the molecule is COc1cc(C(=O)Nc2ccc3c(c2)C(=O)c2ccccc2C3=O)ccc1OCc1ccc(Cl)cc1. The molecule has 0 fully saturated rings. The lowest BCUT2D eigenvalue weighted by Gasteiger charge is -2.18. The highest BCUT2D eigenvalue weighted by Crippen LogP contribution is 2.31. The summed E-state index contributed by atoms with van der Waals surface area (Å²) in [6.07, 6.45) is 0. The van der Waals surface area contributed by atoms with Gasteiger partial charge >= 0.3 is 0 Å². The Bertz CT molecular complexity index is 1510. The van der Waals surface area contributed by atoms with E-state index in [4.69, 9.17) is 21.1 Å². The highest BCUT2D eigenvalue weighted by Gasteiger charge is 2.29. The number of fused-ring (bicyclic) bond motifs is 2. The molecule has 0 bridgehead atoms. The van der Waals surface area contributed by atoms with Gasteiger partial charge < -0.3 is 14.8 Å². The van der Waals surface area contributed by atoms with Gasteiger partial charge in [-0.25, -0.2) is 0 Å². The molecular formula is C29H20ClNO5. The molecule has 0 heterocycles. The lowest BCUT2D eigenvalue weighted by Crippen LogP contribution is -2.21. The normalized spacial score (nSPS) is 11.9. The summed E-state index contributed by atoms with van der Waals surface area (Å²) in [4.78, 5) is 38.7. The van der Waals surface area contributed by atoms with E-state index in [1.807, 2.05) is 12.1 Å². The van der Waals surface area contributed by atoms with Crippen molar-refractivity contribution in [1.82, 2.24) is 0 Å². The molecule has 0 saturated heterocycles. The fourth-order valence-electron chi connectivity index (χ4n) is 4.05. The van der Waals surface area contributed by atoms with Crippen LogP contribution in [0.5, 0.6) is 11.5 Å². The molecule has 1 N–H and O–H groups in total. The van der Waals surface area contributed by atoms with Gasteiger partial charge in [-0.15, -0.1) is 0 Å². The van der Waals surface area contributed by atoms with Crippen LogP contribution >= 0.6 is 11.6 Å². The predicted octanol–water partition coefficient (Wildman–Crippen LogP) is 5.96. The number of methoxy groups -OCH3 is 1. The van der Waals surface area contributed by atoms with Crippen LogP contribution in [0.1, 0.15) is 47.8 Å². The lowest BCUT2D eigenvalue weighted by atomic mass is 9.84. The van der Waals surface area contributed by atoms with Crippen LogP contribution in [0.4, 0.5) is 5.69 Å². The number of hydrogen-bond acceptors (Lipinski definition) is 5. The molecule has 5 rings (SSSR count). The molecule has 0 unspecified atom stereocenters. The summed E-state index contributed by atoms with van der Waals surface area (Å²) in [7, 11) is 1.50. The van der Waals surface area contributed by atoms with Crippen molar-refractivity contribution < 1.29 is 23.9 Å². The first-order chi connectivity index (χ1) is 17.4. The summed E-state index contributed by atoms with van der Waals surface area (Å²) in [5.74, 6) is 0.0321. The molecule has 0 radical (unpaired) electrons. The second kappa shape index (κ2) is 9.68. The first-order valence-electron chi connectivity index (χ1n) is 11.1. The Hall–Kier alpha value is -4.42. The van der Waals surface area contributed by atoms with Crippen molar-refractivity contribution in [3.05, 3.63) is 123 Å². The van der Waals surface area contributed by atoms with E-state index in [9.17, 15) is 14.4 Å². The van der Waals surface area contributed by atoms with Gasteiger partial charge in [0.2, 0.25) is 0 Å². The first-order valence-corrected chi connectivity index (χ1v) is 11.5. The minimum atomic E-state index is -0.396. The molecule has 1 aliphatic rings. The van der Waals surface area contributed by atoms with Gasteiger partial charge in [0.1, 0.15) is 6.61 Å². The van der Waals surface area contributed by atoms with Crippen molar-refractivity contribution in [3.8, 4) is 11.5 Å². The molecule has 7 heteroatoms. The zero-order chi connectivity index (χ0) is 25.2. The van der Waals surface area contributed by atoms with E-state index in [0.717, 1.165) is 5.56 Å². The fourth-order valence-corrected chi connectivity index (χ4v) is 4.18. The largest absolute Gasteiger partial charge is 0.493 e. The van der Waals surface area contributed by atoms with E-state index in [2.05, 4.69) is 5.32 Å². The van der Waals surface area contributed by atoms with Crippen LogP contribution in [-0.2, 0) is 6.61 Å². The summed E-state index contributed by atoms with van der Waals surface area (Å²) in [5.41, 5.74) is 3.01. The van der Waals surface area contributed by atoms with Crippen LogP contribution < -0.4 is 14.8 Å². The summed E-state index contributed by atoms with van der Waals surface area (Å²) in [6, 6.07) is 23.6. The standard InChI is InChI=1S/C29H20ClNO5/c1-35-26-14-18(8-13-25(26)36-16-17-6-9-19(30)10-7-17)29(34)31-20-11-12-23-24(15-20)28(33)22-5-3-2-4-21(22)27(23)32/h2-15H,16H2,1H3,(H,31,34). The minimum absolute atomic E-state index is 0.211. The van der Waals surface area contributed by atoms with Gasteiger partial charge in [0.05, 0.1) is 7.11 Å². The molecule has 0 atom stereocenters. The third-order valence-corrected chi connectivity index (χ3v) is 6.17. The van der Waals surface area contributed by atoms with Crippen molar-refractivity contribution >= 4 is 34.8 Å². The van der Waals surface area contributed by atoms with Gasteiger partial charge in [-0.1, -0.05) is 48.0 Å². The maximum absolute atomic E-state index is 13.0. The number of amides is 1. The molecular weight excluding hydrogens is 478 g/mol. The Morgan fingerprint density at radius 2 is 1.44 bits per heavy atom. The molecule has 178 valence electrons. The Morgan fingerprint density at radius 3 is 2.14 bits per heavy atom. The average Bonchev–Trinajstić information content (AvgIpc) is 2.91. The average molecular weight is 498 g/mol. The molecule has 0 aliphatic heterocycles. The van der Waals surface area contributed by atoms with Gasteiger partial charge in [0.15, 0.2) is 23.1 Å². The summed E-state index contributed by atoms with van der Waals surface area (Å²) < 4.78 is 11.3. The molecule has 0 saturated carbocycles. The Kier molecular flexibility index (Phi) is 6.27. The van der Waals surface area contributed by atoms with Gasteiger partial charge in [-0.2, -0.15) is 0 Å². The van der Waals surface area contributed by atoms with E-state index >= 15 is 0 Å². The monoisotopic (exact) mass is 497 g/mol. The molecule has 4 aromatic carbocycles. The smallest absolute Gasteiger partial charge is 0.255 e.